The summed E-state index contributed by atoms with van der Waals surface area (Å²) in [7, 11) is 0. The van der Waals surface area contributed by atoms with Gasteiger partial charge >= 0.3 is 0 Å². The van der Waals surface area contributed by atoms with Crippen molar-refractivity contribution >= 4 is 41.5 Å². The summed E-state index contributed by atoms with van der Waals surface area (Å²) in [5.74, 6) is 2.01. The number of anilines is 1. The van der Waals surface area contributed by atoms with Gasteiger partial charge in [-0.05, 0) is 69.7 Å². The van der Waals surface area contributed by atoms with Crippen LogP contribution in [0.2, 0.25) is 0 Å². The molecule has 1 aromatic rings. The number of likely N-dealkylation sites (tertiary alicyclic amines) is 2. The first-order valence-electron chi connectivity index (χ1n) is 11.9. The van der Waals surface area contributed by atoms with Gasteiger partial charge in [-0.25, -0.2) is 0 Å². The zero-order valence-electron chi connectivity index (χ0n) is 18.9. The predicted octanol–water partition coefficient (Wildman–Crippen LogP) is 3.36. The lowest BCUT2D eigenvalue weighted by Gasteiger charge is -2.23. The van der Waals surface area contributed by atoms with Crippen LogP contribution >= 0.6 is 24.0 Å². The molecule has 3 aliphatic heterocycles. The molecular weight excluding hydrogens is 501 g/mol. The number of para-hydroxylation sites is 1. The van der Waals surface area contributed by atoms with E-state index in [0.717, 1.165) is 56.6 Å². The Morgan fingerprint density at radius 3 is 2.77 bits per heavy atom. The van der Waals surface area contributed by atoms with E-state index in [4.69, 9.17) is 4.99 Å². The molecule has 0 aromatic heterocycles. The monoisotopic (exact) mass is 539 g/mol. The SMILES string of the molecule is CCNC(=NCCCC(=O)N1CCc2ccccc21)N1CCC(CN2CCCC2)C1.I. The lowest BCUT2D eigenvalue weighted by Crippen LogP contribution is -2.41. The normalized spacial score (nSPS) is 21.3. The maximum atomic E-state index is 12.7. The van der Waals surface area contributed by atoms with Crippen molar-refractivity contribution in [2.75, 3.05) is 57.3 Å². The number of nitrogens with zero attached hydrogens (tertiary/aromatic N) is 4. The van der Waals surface area contributed by atoms with Gasteiger partial charge in [0.1, 0.15) is 0 Å². The molecule has 6 nitrogen and oxygen atoms in total. The van der Waals surface area contributed by atoms with Crippen LogP contribution in [0.25, 0.3) is 0 Å². The Morgan fingerprint density at radius 2 is 1.97 bits per heavy atom. The molecule has 2 fully saturated rings. The van der Waals surface area contributed by atoms with E-state index >= 15 is 0 Å². The summed E-state index contributed by atoms with van der Waals surface area (Å²) in [6.07, 6.45) is 6.32. The van der Waals surface area contributed by atoms with E-state index in [1.54, 1.807) is 0 Å². The standard InChI is InChI=1S/C24H37N5O.HI/c1-2-25-24(28-16-11-20(19-28)18-27-14-5-6-15-27)26-13-7-10-23(30)29-17-12-21-8-3-4-9-22(21)29;/h3-4,8-9,20H,2,5-7,10-19H2,1H3,(H,25,26);1H. The Labute approximate surface area is 204 Å². The molecule has 0 radical (unpaired) electrons. The Morgan fingerprint density at radius 1 is 1.16 bits per heavy atom. The number of aliphatic imine (C=N–C) groups is 1. The Balaban J connectivity index is 0.00000272. The van der Waals surface area contributed by atoms with E-state index in [1.807, 2.05) is 11.0 Å². The summed E-state index contributed by atoms with van der Waals surface area (Å²) < 4.78 is 0. The lowest BCUT2D eigenvalue weighted by molar-refractivity contribution is -0.118. The molecule has 1 aromatic carbocycles. The highest BCUT2D eigenvalue weighted by Crippen LogP contribution is 2.28. The fraction of sp³-hybridized carbons (Fsp3) is 0.667. The molecule has 0 saturated carbocycles. The van der Waals surface area contributed by atoms with Crippen LogP contribution in [0.5, 0.6) is 0 Å². The molecule has 3 heterocycles. The van der Waals surface area contributed by atoms with Crippen LogP contribution in [-0.2, 0) is 11.2 Å². The molecule has 0 spiro atoms. The molecule has 1 atom stereocenters. The topological polar surface area (TPSA) is 51.2 Å². The summed E-state index contributed by atoms with van der Waals surface area (Å²) in [5, 5.41) is 3.46. The third kappa shape index (κ3) is 6.34. The van der Waals surface area contributed by atoms with Crippen molar-refractivity contribution in [3.63, 3.8) is 0 Å². The Kier molecular flexibility index (Phi) is 9.44. The van der Waals surface area contributed by atoms with E-state index in [-0.39, 0.29) is 29.9 Å². The van der Waals surface area contributed by atoms with Crippen molar-refractivity contribution in [3.8, 4) is 0 Å². The van der Waals surface area contributed by atoms with Gasteiger partial charge in [-0.3, -0.25) is 9.79 Å². The molecule has 1 unspecified atom stereocenters. The first-order chi connectivity index (χ1) is 14.7. The Bertz CT molecular complexity index is 749. The van der Waals surface area contributed by atoms with Crippen LogP contribution in [0.4, 0.5) is 5.69 Å². The third-order valence-corrected chi connectivity index (χ3v) is 6.63. The van der Waals surface area contributed by atoms with Gasteiger partial charge < -0.3 is 20.0 Å². The molecular formula is C24H38IN5O. The maximum Gasteiger partial charge on any atom is 0.227 e. The molecule has 1 N–H and O–H groups in total. The first kappa shape index (κ1) is 24.3. The number of carbonyl (C=O) groups excluding carboxylic acids is 1. The molecule has 0 aliphatic carbocycles. The average molecular weight is 540 g/mol. The van der Waals surface area contributed by atoms with Gasteiger partial charge in [0.2, 0.25) is 5.91 Å². The van der Waals surface area contributed by atoms with Crippen LogP contribution < -0.4 is 10.2 Å². The van der Waals surface area contributed by atoms with Gasteiger partial charge in [0.25, 0.3) is 0 Å². The van der Waals surface area contributed by atoms with Crippen molar-refractivity contribution in [2.45, 2.75) is 45.4 Å². The van der Waals surface area contributed by atoms with Gasteiger partial charge in [-0.15, -0.1) is 24.0 Å². The minimum Gasteiger partial charge on any atom is -0.357 e. The second-order valence-corrected chi connectivity index (χ2v) is 8.87. The molecule has 1 amide bonds. The molecule has 7 heteroatoms. The zero-order chi connectivity index (χ0) is 20.8. The summed E-state index contributed by atoms with van der Waals surface area (Å²) >= 11 is 0. The molecule has 172 valence electrons. The van der Waals surface area contributed by atoms with Gasteiger partial charge in [-0.2, -0.15) is 0 Å². The lowest BCUT2D eigenvalue weighted by atomic mass is 10.1. The molecule has 2 saturated heterocycles. The van der Waals surface area contributed by atoms with E-state index in [0.29, 0.717) is 13.0 Å². The number of amides is 1. The van der Waals surface area contributed by atoms with Gasteiger partial charge in [0.05, 0.1) is 0 Å². The van der Waals surface area contributed by atoms with E-state index in [9.17, 15) is 4.79 Å². The highest BCUT2D eigenvalue weighted by molar-refractivity contribution is 14.0. The molecule has 4 rings (SSSR count). The predicted molar refractivity (Wildman–Crippen MR) is 138 cm³/mol. The fourth-order valence-corrected chi connectivity index (χ4v) is 5.08. The van der Waals surface area contributed by atoms with Crippen LogP contribution in [0.3, 0.4) is 0 Å². The van der Waals surface area contributed by atoms with Gasteiger partial charge in [-0.1, -0.05) is 18.2 Å². The van der Waals surface area contributed by atoms with E-state index in [2.05, 4.69) is 40.2 Å². The van der Waals surface area contributed by atoms with Crippen LogP contribution in [-0.4, -0.2) is 74.0 Å². The summed E-state index contributed by atoms with van der Waals surface area (Å²) in [5.41, 5.74) is 2.39. The van der Waals surface area contributed by atoms with Gasteiger partial charge in [0, 0.05) is 51.4 Å². The highest BCUT2D eigenvalue weighted by Gasteiger charge is 2.27. The number of hydrogen-bond acceptors (Lipinski definition) is 3. The minimum atomic E-state index is 0. The number of fused-ring (bicyclic) bond motifs is 1. The largest absolute Gasteiger partial charge is 0.357 e. The van der Waals surface area contributed by atoms with Crippen LogP contribution in [0.1, 0.15) is 44.6 Å². The van der Waals surface area contributed by atoms with Crippen LogP contribution in [0, 0.1) is 5.92 Å². The number of halogens is 1. The number of rotatable bonds is 7. The van der Waals surface area contributed by atoms with Crippen LogP contribution in [0.15, 0.2) is 29.3 Å². The fourth-order valence-electron chi connectivity index (χ4n) is 5.08. The number of carbonyl (C=O) groups is 1. The van der Waals surface area contributed by atoms with Gasteiger partial charge in [0.15, 0.2) is 5.96 Å². The van der Waals surface area contributed by atoms with E-state index in [1.165, 1.54) is 44.5 Å². The molecule has 31 heavy (non-hydrogen) atoms. The summed E-state index contributed by atoms with van der Waals surface area (Å²) in [4.78, 5) is 24.5. The number of benzene rings is 1. The first-order valence-corrected chi connectivity index (χ1v) is 11.9. The second kappa shape index (κ2) is 12.0. The highest BCUT2D eigenvalue weighted by atomic mass is 127. The Hall–Kier alpha value is -1.35. The summed E-state index contributed by atoms with van der Waals surface area (Å²) in [6, 6.07) is 8.26. The number of guanidine groups is 1. The summed E-state index contributed by atoms with van der Waals surface area (Å²) in [6.45, 7) is 10.5. The minimum absolute atomic E-state index is 0. The zero-order valence-corrected chi connectivity index (χ0v) is 21.2. The average Bonchev–Trinajstić information content (AvgIpc) is 3.51. The second-order valence-electron chi connectivity index (χ2n) is 8.87. The number of hydrogen-bond donors (Lipinski definition) is 1. The molecule has 3 aliphatic rings. The van der Waals surface area contributed by atoms with E-state index < -0.39 is 0 Å². The maximum absolute atomic E-state index is 12.7. The van der Waals surface area contributed by atoms with Crippen molar-refractivity contribution in [3.05, 3.63) is 29.8 Å². The number of nitrogens with one attached hydrogen (secondary N) is 1. The third-order valence-electron chi connectivity index (χ3n) is 6.63. The van der Waals surface area contributed by atoms with Crippen molar-refractivity contribution < 1.29 is 4.79 Å². The van der Waals surface area contributed by atoms with Crippen molar-refractivity contribution in [1.29, 1.82) is 0 Å². The quantitative estimate of drug-likeness (QED) is 0.250. The van der Waals surface area contributed by atoms with Crippen molar-refractivity contribution in [1.82, 2.24) is 15.1 Å². The molecule has 0 bridgehead atoms. The smallest absolute Gasteiger partial charge is 0.227 e. The van der Waals surface area contributed by atoms with Crippen molar-refractivity contribution in [2.24, 2.45) is 10.9 Å².